The number of esters is 1. The van der Waals surface area contributed by atoms with E-state index in [0.717, 1.165) is 4.31 Å². The molecule has 3 atom stereocenters. The molecule has 1 saturated heterocycles. The molecule has 0 bridgehead atoms. The molecule has 0 aromatic carbocycles. The predicted molar refractivity (Wildman–Crippen MR) is 100 cm³/mol. The van der Waals surface area contributed by atoms with Crippen molar-refractivity contribution >= 4 is 16.0 Å². The van der Waals surface area contributed by atoms with Crippen LogP contribution in [0.1, 0.15) is 31.9 Å². The summed E-state index contributed by atoms with van der Waals surface area (Å²) >= 11 is 0. The highest BCUT2D eigenvalue weighted by Crippen LogP contribution is 2.32. The first kappa shape index (κ1) is 22.5. The van der Waals surface area contributed by atoms with Crippen molar-refractivity contribution in [3.63, 3.8) is 0 Å². The Kier molecular flexibility index (Phi) is 7.76. The Morgan fingerprint density at radius 1 is 1.39 bits per heavy atom. The third-order valence-corrected chi connectivity index (χ3v) is 6.54. The van der Waals surface area contributed by atoms with Gasteiger partial charge in [-0.05, 0) is 38.8 Å². The molecule has 10 heteroatoms. The van der Waals surface area contributed by atoms with Gasteiger partial charge in [0.05, 0.1) is 19.3 Å². The SMILES string of the molecule is COC(=O)[C@@H]1C[C@H](OC)CN1S(=O)(=O)c1ccc(C)nc1O[C@H](C)CCCO. The minimum absolute atomic E-state index is 0.0186. The number of aliphatic hydroxyl groups is 1. The number of aryl methyl sites for hydroxylation is 1. The maximum atomic E-state index is 13.4. The molecule has 2 rings (SSSR count). The van der Waals surface area contributed by atoms with Crippen molar-refractivity contribution in [2.45, 2.75) is 56.3 Å². The van der Waals surface area contributed by atoms with Crippen LogP contribution in [0.25, 0.3) is 0 Å². The maximum absolute atomic E-state index is 13.4. The monoisotopic (exact) mass is 416 g/mol. The Bertz CT molecular complexity index is 784. The van der Waals surface area contributed by atoms with E-state index in [4.69, 9.17) is 19.3 Å². The van der Waals surface area contributed by atoms with Gasteiger partial charge in [0.2, 0.25) is 15.9 Å². The molecular formula is C18H28N2O7S. The average Bonchev–Trinajstić information content (AvgIpc) is 3.11. The molecule has 28 heavy (non-hydrogen) atoms. The van der Waals surface area contributed by atoms with Crippen molar-refractivity contribution in [2.75, 3.05) is 27.4 Å². The van der Waals surface area contributed by atoms with Gasteiger partial charge >= 0.3 is 5.97 Å². The summed E-state index contributed by atoms with van der Waals surface area (Å²) in [5.41, 5.74) is 0.601. The van der Waals surface area contributed by atoms with E-state index in [-0.39, 0.29) is 36.5 Å². The standard InChI is InChI=1S/C18H28N2O7S/c1-12-7-8-16(17(19-12)27-13(2)6-5-9-21)28(23,24)20-11-14(25-3)10-15(20)18(22)26-4/h7-8,13-15,21H,5-6,9-11H2,1-4H3/t13-,14+,15+/m1/s1. The van der Waals surface area contributed by atoms with Crippen LogP contribution in [-0.4, -0.2) is 74.4 Å². The van der Waals surface area contributed by atoms with Crippen molar-refractivity contribution in [2.24, 2.45) is 0 Å². The van der Waals surface area contributed by atoms with Crippen molar-refractivity contribution < 1.29 is 32.5 Å². The van der Waals surface area contributed by atoms with Crippen molar-refractivity contribution in [1.82, 2.24) is 9.29 Å². The minimum Gasteiger partial charge on any atom is -0.474 e. The highest BCUT2D eigenvalue weighted by Gasteiger charge is 2.46. The van der Waals surface area contributed by atoms with Gasteiger partial charge in [-0.25, -0.2) is 13.4 Å². The first-order valence-corrected chi connectivity index (χ1v) is 10.6. The number of rotatable bonds is 9. The van der Waals surface area contributed by atoms with Gasteiger partial charge in [-0.2, -0.15) is 4.31 Å². The number of aromatic nitrogens is 1. The highest BCUT2D eigenvalue weighted by atomic mass is 32.2. The lowest BCUT2D eigenvalue weighted by atomic mass is 10.2. The van der Waals surface area contributed by atoms with E-state index in [1.165, 1.54) is 20.3 Å². The number of hydrogen-bond acceptors (Lipinski definition) is 8. The van der Waals surface area contributed by atoms with Gasteiger partial charge in [0.25, 0.3) is 0 Å². The molecule has 2 heterocycles. The molecule has 0 spiro atoms. The molecule has 0 saturated carbocycles. The zero-order chi connectivity index (χ0) is 20.9. The first-order valence-electron chi connectivity index (χ1n) is 9.12. The molecule has 1 N–H and O–H groups in total. The van der Waals surface area contributed by atoms with E-state index < -0.39 is 28.1 Å². The van der Waals surface area contributed by atoms with Crippen molar-refractivity contribution in [3.8, 4) is 5.88 Å². The largest absolute Gasteiger partial charge is 0.474 e. The number of carbonyl (C=O) groups excluding carboxylic acids is 1. The molecule has 1 aromatic heterocycles. The topological polar surface area (TPSA) is 115 Å². The highest BCUT2D eigenvalue weighted by molar-refractivity contribution is 7.89. The van der Waals surface area contributed by atoms with E-state index in [1.54, 1.807) is 19.9 Å². The minimum atomic E-state index is -4.08. The van der Waals surface area contributed by atoms with Crippen LogP contribution in [-0.2, 0) is 24.3 Å². The van der Waals surface area contributed by atoms with Crippen LogP contribution in [0, 0.1) is 6.92 Å². The fourth-order valence-corrected chi connectivity index (χ4v) is 4.79. The number of carbonyl (C=O) groups is 1. The molecule has 0 amide bonds. The molecular weight excluding hydrogens is 388 g/mol. The first-order chi connectivity index (χ1) is 13.2. The fraction of sp³-hybridized carbons (Fsp3) is 0.667. The smallest absolute Gasteiger partial charge is 0.324 e. The molecule has 1 aliphatic heterocycles. The average molecular weight is 416 g/mol. The third kappa shape index (κ3) is 4.99. The summed E-state index contributed by atoms with van der Waals surface area (Å²) in [7, 11) is -1.39. The van der Waals surface area contributed by atoms with Gasteiger partial charge in [0, 0.05) is 32.4 Å². The number of methoxy groups -OCH3 is 2. The summed E-state index contributed by atoms with van der Waals surface area (Å²) in [6, 6.07) is 2.04. The van der Waals surface area contributed by atoms with Crippen LogP contribution in [0.3, 0.4) is 0 Å². The van der Waals surface area contributed by atoms with Crippen LogP contribution in [0.15, 0.2) is 17.0 Å². The van der Waals surface area contributed by atoms with E-state index in [0.29, 0.717) is 18.5 Å². The van der Waals surface area contributed by atoms with E-state index in [9.17, 15) is 13.2 Å². The third-order valence-electron chi connectivity index (χ3n) is 4.66. The molecule has 158 valence electrons. The Balaban J connectivity index is 2.40. The van der Waals surface area contributed by atoms with Crippen LogP contribution in [0.5, 0.6) is 5.88 Å². The zero-order valence-corrected chi connectivity index (χ0v) is 17.4. The van der Waals surface area contributed by atoms with Gasteiger partial charge in [-0.3, -0.25) is 4.79 Å². The van der Waals surface area contributed by atoms with E-state index in [1.807, 2.05) is 0 Å². The predicted octanol–water partition coefficient (Wildman–Crippen LogP) is 0.881. The lowest BCUT2D eigenvalue weighted by molar-refractivity contribution is -0.144. The van der Waals surface area contributed by atoms with Crippen LogP contribution >= 0.6 is 0 Å². The Morgan fingerprint density at radius 2 is 2.11 bits per heavy atom. The summed E-state index contributed by atoms with van der Waals surface area (Å²) in [5.74, 6) is -0.656. The Morgan fingerprint density at radius 3 is 2.71 bits per heavy atom. The second kappa shape index (κ2) is 9.64. The second-order valence-electron chi connectivity index (χ2n) is 6.76. The molecule has 1 aliphatic rings. The number of aliphatic hydroxyl groups excluding tert-OH is 1. The van der Waals surface area contributed by atoms with Crippen molar-refractivity contribution in [1.29, 1.82) is 0 Å². The van der Waals surface area contributed by atoms with Gasteiger partial charge in [-0.15, -0.1) is 0 Å². The zero-order valence-electron chi connectivity index (χ0n) is 16.6. The van der Waals surface area contributed by atoms with Gasteiger partial charge < -0.3 is 19.3 Å². The normalized spacial score (nSPS) is 21.5. The summed E-state index contributed by atoms with van der Waals surface area (Å²) in [5, 5.41) is 8.98. The Labute approximate surface area is 165 Å². The molecule has 0 radical (unpaired) electrons. The number of nitrogens with zero attached hydrogens (tertiary/aromatic N) is 2. The summed E-state index contributed by atoms with van der Waals surface area (Å²) in [6.07, 6.45) is 0.542. The van der Waals surface area contributed by atoms with E-state index in [2.05, 4.69) is 4.98 Å². The summed E-state index contributed by atoms with van der Waals surface area (Å²) in [4.78, 5) is 16.3. The molecule has 9 nitrogen and oxygen atoms in total. The summed E-state index contributed by atoms with van der Waals surface area (Å²) < 4.78 is 43.6. The lowest BCUT2D eigenvalue weighted by Crippen LogP contribution is -2.41. The van der Waals surface area contributed by atoms with Gasteiger partial charge in [0.1, 0.15) is 10.9 Å². The van der Waals surface area contributed by atoms with Crippen LogP contribution in [0.4, 0.5) is 0 Å². The van der Waals surface area contributed by atoms with Crippen LogP contribution < -0.4 is 4.74 Å². The molecule has 0 aliphatic carbocycles. The van der Waals surface area contributed by atoms with Gasteiger partial charge in [-0.1, -0.05) is 0 Å². The van der Waals surface area contributed by atoms with E-state index >= 15 is 0 Å². The molecule has 1 aromatic rings. The number of hydrogen-bond donors (Lipinski definition) is 1. The molecule has 0 unspecified atom stereocenters. The quantitative estimate of drug-likeness (QED) is 0.590. The second-order valence-corrected chi connectivity index (χ2v) is 8.62. The molecule has 1 fully saturated rings. The number of sulfonamides is 1. The number of ether oxygens (including phenoxy) is 3. The number of pyridine rings is 1. The lowest BCUT2D eigenvalue weighted by Gasteiger charge is -2.24. The summed E-state index contributed by atoms with van der Waals surface area (Å²) in [6.45, 7) is 3.57. The van der Waals surface area contributed by atoms with Crippen molar-refractivity contribution in [3.05, 3.63) is 17.8 Å². The maximum Gasteiger partial charge on any atom is 0.324 e. The van der Waals surface area contributed by atoms with Crippen LogP contribution in [0.2, 0.25) is 0 Å². The Hall–Kier alpha value is -1.75. The fourth-order valence-electron chi connectivity index (χ4n) is 3.11. The van der Waals surface area contributed by atoms with Gasteiger partial charge in [0.15, 0.2) is 0 Å².